The first-order chi connectivity index (χ1) is 10.2. The lowest BCUT2D eigenvalue weighted by molar-refractivity contribution is 0.102. The number of hydrogen-bond acceptors (Lipinski definition) is 3. The highest BCUT2D eigenvalue weighted by Crippen LogP contribution is 2.20. The van der Waals surface area contributed by atoms with Crippen molar-refractivity contribution in [2.75, 3.05) is 5.32 Å². The van der Waals surface area contributed by atoms with Crippen LogP contribution in [0.1, 0.15) is 27.0 Å². The number of amides is 1. The van der Waals surface area contributed by atoms with Gasteiger partial charge in [0.15, 0.2) is 0 Å². The van der Waals surface area contributed by atoms with Gasteiger partial charge in [0.1, 0.15) is 0 Å². The highest BCUT2D eigenvalue weighted by Gasteiger charge is 2.14. The molecule has 6 heteroatoms. The molecule has 0 unspecified atom stereocenters. The molecule has 0 aliphatic carbocycles. The van der Waals surface area contributed by atoms with Gasteiger partial charge in [-0.15, -0.1) is 0 Å². The third-order valence-corrected chi connectivity index (χ3v) is 4.29. The molecule has 0 saturated heterocycles. The number of nitrogens with two attached hydrogens (primary N) is 1. The Hall–Kier alpha value is -2.18. The maximum atomic E-state index is 12.3. The predicted molar refractivity (Wildman–Crippen MR) is 86.4 cm³/mol. The first-order valence-corrected chi connectivity index (χ1v) is 8.24. The van der Waals surface area contributed by atoms with Crippen LogP contribution in [0.2, 0.25) is 0 Å². The molecule has 0 spiro atoms. The van der Waals surface area contributed by atoms with Crippen molar-refractivity contribution >= 4 is 21.6 Å². The Balaban J connectivity index is 2.33. The van der Waals surface area contributed by atoms with Crippen molar-refractivity contribution < 1.29 is 13.2 Å². The second-order valence-electron chi connectivity index (χ2n) is 5.36. The maximum absolute atomic E-state index is 12.3. The van der Waals surface area contributed by atoms with Crippen LogP contribution in [0.25, 0.3) is 0 Å². The Morgan fingerprint density at radius 2 is 1.59 bits per heavy atom. The van der Waals surface area contributed by atoms with Crippen LogP contribution in [-0.4, -0.2) is 14.3 Å². The van der Waals surface area contributed by atoms with Crippen molar-refractivity contribution in [3.05, 3.63) is 58.7 Å². The van der Waals surface area contributed by atoms with Crippen molar-refractivity contribution in [1.29, 1.82) is 0 Å². The van der Waals surface area contributed by atoms with E-state index >= 15 is 0 Å². The number of hydrogen-bond donors (Lipinski definition) is 2. The molecule has 0 bridgehead atoms. The first kappa shape index (κ1) is 16.2. The number of nitrogens with one attached hydrogen (secondary N) is 1. The second-order valence-corrected chi connectivity index (χ2v) is 6.89. The molecule has 2 aromatic rings. The van der Waals surface area contributed by atoms with Gasteiger partial charge in [-0.3, -0.25) is 4.79 Å². The number of sulfonamides is 1. The van der Waals surface area contributed by atoms with Gasteiger partial charge in [0.2, 0.25) is 10.0 Å². The van der Waals surface area contributed by atoms with E-state index in [4.69, 9.17) is 5.14 Å². The molecule has 5 nitrogen and oxygen atoms in total. The van der Waals surface area contributed by atoms with Crippen molar-refractivity contribution in [2.24, 2.45) is 5.14 Å². The minimum absolute atomic E-state index is 0.00530. The van der Waals surface area contributed by atoms with E-state index in [9.17, 15) is 13.2 Å². The molecular weight excluding hydrogens is 300 g/mol. The first-order valence-electron chi connectivity index (χ1n) is 6.70. The van der Waals surface area contributed by atoms with Crippen LogP contribution in [0.5, 0.6) is 0 Å². The lowest BCUT2D eigenvalue weighted by Gasteiger charge is -2.10. The van der Waals surface area contributed by atoms with Gasteiger partial charge in [0.05, 0.1) is 4.90 Å². The topological polar surface area (TPSA) is 89.3 Å². The molecule has 0 fully saturated rings. The zero-order valence-corrected chi connectivity index (χ0v) is 13.5. The molecular formula is C16H18N2O3S. The molecule has 116 valence electrons. The molecule has 0 aliphatic heterocycles. The van der Waals surface area contributed by atoms with Gasteiger partial charge in [0.25, 0.3) is 5.91 Å². The van der Waals surface area contributed by atoms with Crippen molar-refractivity contribution in [3.8, 4) is 0 Å². The largest absolute Gasteiger partial charge is 0.322 e. The number of benzene rings is 2. The van der Waals surface area contributed by atoms with Crippen molar-refractivity contribution in [3.63, 3.8) is 0 Å². The third kappa shape index (κ3) is 3.72. The Bertz CT molecular complexity index is 822. The monoisotopic (exact) mass is 318 g/mol. The highest BCUT2D eigenvalue weighted by molar-refractivity contribution is 7.89. The Labute approximate surface area is 130 Å². The molecule has 0 aromatic heterocycles. The zero-order valence-electron chi connectivity index (χ0n) is 12.7. The zero-order chi connectivity index (χ0) is 16.5. The summed E-state index contributed by atoms with van der Waals surface area (Å²) in [6.45, 7) is 5.47. The summed E-state index contributed by atoms with van der Waals surface area (Å²) in [5.41, 5.74) is 3.42. The van der Waals surface area contributed by atoms with Crippen molar-refractivity contribution in [2.45, 2.75) is 25.7 Å². The molecule has 2 rings (SSSR count). The van der Waals surface area contributed by atoms with Gasteiger partial charge in [-0.05, 0) is 50.6 Å². The Kier molecular flexibility index (Phi) is 4.35. The minimum Gasteiger partial charge on any atom is -0.322 e. The quantitative estimate of drug-likeness (QED) is 0.911. The Morgan fingerprint density at radius 1 is 1.00 bits per heavy atom. The van der Waals surface area contributed by atoms with Gasteiger partial charge in [0, 0.05) is 11.3 Å². The van der Waals surface area contributed by atoms with Crippen LogP contribution in [-0.2, 0) is 10.0 Å². The average Bonchev–Trinajstić information content (AvgIpc) is 2.38. The molecule has 0 atom stereocenters. The fraction of sp³-hybridized carbons (Fsp3) is 0.188. The van der Waals surface area contributed by atoms with Gasteiger partial charge < -0.3 is 5.32 Å². The van der Waals surface area contributed by atoms with Gasteiger partial charge in [-0.2, -0.15) is 0 Å². The van der Waals surface area contributed by atoms with Crippen molar-refractivity contribution in [1.82, 2.24) is 0 Å². The lowest BCUT2D eigenvalue weighted by Crippen LogP contribution is -2.16. The van der Waals surface area contributed by atoms with E-state index in [-0.39, 0.29) is 10.8 Å². The predicted octanol–water partition coefficient (Wildman–Crippen LogP) is 2.51. The number of primary sulfonamides is 1. The maximum Gasteiger partial charge on any atom is 0.255 e. The number of carbonyl (C=O) groups excluding carboxylic acids is 1. The molecule has 1 amide bonds. The molecule has 0 saturated carbocycles. The molecule has 22 heavy (non-hydrogen) atoms. The van der Waals surface area contributed by atoms with Crippen LogP contribution in [0, 0.1) is 20.8 Å². The summed E-state index contributed by atoms with van der Waals surface area (Å²) < 4.78 is 23.0. The van der Waals surface area contributed by atoms with Crippen LogP contribution in [0.15, 0.2) is 41.3 Å². The third-order valence-electron chi connectivity index (χ3n) is 3.24. The van der Waals surface area contributed by atoms with E-state index in [0.29, 0.717) is 16.8 Å². The summed E-state index contributed by atoms with van der Waals surface area (Å²) in [7, 11) is -3.82. The summed E-state index contributed by atoms with van der Waals surface area (Å²) in [6, 6.07) is 10.1. The van der Waals surface area contributed by atoms with Gasteiger partial charge in [-0.25, -0.2) is 13.6 Å². The molecule has 0 radical (unpaired) electrons. The summed E-state index contributed by atoms with van der Waals surface area (Å²) in [5.74, 6) is -0.295. The number of aryl methyl sites for hydroxylation is 3. The van der Waals surface area contributed by atoms with Crippen LogP contribution >= 0.6 is 0 Å². The molecule has 2 aromatic carbocycles. The fourth-order valence-electron chi connectivity index (χ4n) is 2.29. The minimum atomic E-state index is -3.82. The van der Waals surface area contributed by atoms with E-state index in [2.05, 4.69) is 5.32 Å². The smallest absolute Gasteiger partial charge is 0.255 e. The van der Waals surface area contributed by atoms with E-state index in [0.717, 1.165) is 11.1 Å². The lowest BCUT2D eigenvalue weighted by atomic mass is 10.1. The summed E-state index contributed by atoms with van der Waals surface area (Å²) >= 11 is 0. The van der Waals surface area contributed by atoms with Crippen LogP contribution in [0.3, 0.4) is 0 Å². The Morgan fingerprint density at radius 3 is 2.14 bits per heavy atom. The molecule has 0 aliphatic rings. The SMILES string of the molecule is Cc1cc(C)cc(C(=O)Nc2ccc(C)c(S(N)(=O)=O)c2)c1. The molecule has 0 heterocycles. The van der Waals surface area contributed by atoms with Crippen LogP contribution in [0.4, 0.5) is 5.69 Å². The summed E-state index contributed by atoms with van der Waals surface area (Å²) in [6.07, 6.45) is 0. The standard InChI is InChI=1S/C16H18N2O3S/c1-10-6-11(2)8-13(7-10)16(19)18-14-5-4-12(3)15(9-14)22(17,20)21/h4-9H,1-3H3,(H,18,19)(H2,17,20,21). The van der Waals surface area contributed by atoms with Gasteiger partial charge >= 0.3 is 0 Å². The normalized spacial score (nSPS) is 11.3. The highest BCUT2D eigenvalue weighted by atomic mass is 32.2. The van der Waals surface area contributed by atoms with E-state index in [1.54, 1.807) is 31.2 Å². The summed E-state index contributed by atoms with van der Waals surface area (Å²) in [5, 5.41) is 7.86. The molecule has 3 N–H and O–H groups in total. The van der Waals surface area contributed by atoms with E-state index in [1.807, 2.05) is 19.9 Å². The van der Waals surface area contributed by atoms with Crippen LogP contribution < -0.4 is 10.5 Å². The summed E-state index contributed by atoms with van der Waals surface area (Å²) in [4.78, 5) is 12.3. The second kappa shape index (κ2) is 5.90. The number of anilines is 1. The fourth-order valence-corrected chi connectivity index (χ4v) is 3.10. The van der Waals surface area contributed by atoms with E-state index < -0.39 is 10.0 Å². The van der Waals surface area contributed by atoms with E-state index in [1.165, 1.54) is 6.07 Å². The van der Waals surface area contributed by atoms with Gasteiger partial charge in [-0.1, -0.05) is 23.3 Å². The number of carbonyl (C=O) groups is 1. The average molecular weight is 318 g/mol. The number of rotatable bonds is 3.